The number of amides is 1. The molecule has 1 atom stereocenters. The molecule has 4 rings (SSSR count). The Morgan fingerprint density at radius 1 is 0.970 bits per heavy atom. The van der Waals surface area contributed by atoms with Crippen LogP contribution in [-0.4, -0.2) is 5.91 Å². The van der Waals surface area contributed by atoms with Gasteiger partial charge in [0.15, 0.2) is 0 Å². The van der Waals surface area contributed by atoms with Gasteiger partial charge in [0, 0.05) is 11.6 Å². The van der Waals surface area contributed by atoms with Crippen molar-refractivity contribution in [2.45, 2.75) is 13.3 Å². The van der Waals surface area contributed by atoms with E-state index in [0.717, 1.165) is 35.3 Å². The van der Waals surface area contributed by atoms with Gasteiger partial charge in [-0.2, -0.15) is 0 Å². The van der Waals surface area contributed by atoms with Crippen molar-refractivity contribution in [3.63, 3.8) is 0 Å². The molecule has 3 aromatic carbocycles. The van der Waals surface area contributed by atoms with Crippen molar-refractivity contribution >= 4 is 17.2 Å². The van der Waals surface area contributed by atoms with Crippen molar-refractivity contribution in [2.75, 3.05) is 5.32 Å². The number of benzene rings is 3. The monoisotopic (exact) mass is 442 g/mol. The summed E-state index contributed by atoms with van der Waals surface area (Å²) < 4.78 is 27.8. The smallest absolute Gasteiger partial charge is 0.261 e. The second-order valence-electron chi connectivity index (χ2n) is 7.97. The topological polar surface area (TPSA) is 55.1 Å². The number of nitrogens with one attached hydrogen (secondary N) is 1. The van der Waals surface area contributed by atoms with Gasteiger partial charge in [-0.05, 0) is 72.2 Å². The fraction of sp³-hybridized carbons (Fsp3) is 0.107. The lowest BCUT2D eigenvalue weighted by Gasteiger charge is -2.13. The van der Waals surface area contributed by atoms with Crippen LogP contribution >= 0.6 is 0 Å². The van der Waals surface area contributed by atoms with Crippen molar-refractivity contribution in [1.29, 1.82) is 0 Å². The molecule has 5 heteroatoms. The lowest BCUT2D eigenvalue weighted by Crippen LogP contribution is -2.15. The number of carbonyl (C=O) groups is 1. The van der Waals surface area contributed by atoms with Crippen LogP contribution in [0.2, 0.25) is 0 Å². The fourth-order valence-electron chi connectivity index (χ4n) is 3.96. The molecule has 0 heterocycles. The molecule has 3 N–H and O–H groups in total. The molecule has 1 aliphatic rings. The Morgan fingerprint density at radius 3 is 2.27 bits per heavy atom. The van der Waals surface area contributed by atoms with Crippen LogP contribution in [-0.2, 0) is 6.42 Å². The van der Waals surface area contributed by atoms with Crippen molar-refractivity contribution in [1.82, 2.24) is 0 Å². The molecule has 0 fully saturated rings. The van der Waals surface area contributed by atoms with Crippen molar-refractivity contribution in [3.05, 3.63) is 131 Å². The van der Waals surface area contributed by atoms with Gasteiger partial charge in [0.1, 0.15) is 17.2 Å². The molecule has 3 nitrogen and oxygen atoms in total. The molecule has 0 aliphatic heterocycles. The van der Waals surface area contributed by atoms with E-state index < -0.39 is 23.1 Å². The zero-order valence-electron chi connectivity index (χ0n) is 18.2. The number of hydrogen-bond donors (Lipinski definition) is 2. The van der Waals surface area contributed by atoms with E-state index in [2.05, 4.69) is 23.5 Å². The van der Waals surface area contributed by atoms with Crippen molar-refractivity contribution < 1.29 is 13.6 Å². The van der Waals surface area contributed by atoms with Gasteiger partial charge >= 0.3 is 0 Å². The van der Waals surface area contributed by atoms with Gasteiger partial charge in [-0.15, -0.1) is 0 Å². The first-order chi connectivity index (χ1) is 16.0. The summed E-state index contributed by atoms with van der Waals surface area (Å²) in [5.41, 5.74) is 11.3. The molecule has 0 unspecified atom stereocenters. The van der Waals surface area contributed by atoms with E-state index in [0.29, 0.717) is 5.69 Å². The van der Waals surface area contributed by atoms with Crippen molar-refractivity contribution in [3.8, 4) is 0 Å². The predicted octanol–water partition coefficient (Wildman–Crippen LogP) is 6.26. The Morgan fingerprint density at radius 2 is 1.64 bits per heavy atom. The van der Waals surface area contributed by atoms with Gasteiger partial charge in [-0.1, -0.05) is 60.2 Å². The maximum Gasteiger partial charge on any atom is 0.261 e. The molecule has 1 aliphatic carbocycles. The first-order valence-corrected chi connectivity index (χ1v) is 10.7. The van der Waals surface area contributed by atoms with Gasteiger partial charge in [0.05, 0.1) is 0 Å². The number of halogens is 2. The molecule has 33 heavy (non-hydrogen) atoms. The second kappa shape index (κ2) is 9.65. The number of nitrogens with two attached hydrogens (primary N) is 1. The normalized spacial score (nSPS) is 15.7. The molecule has 1 amide bonds. The predicted molar refractivity (Wildman–Crippen MR) is 128 cm³/mol. The summed E-state index contributed by atoms with van der Waals surface area (Å²) in [5, 5.41) is 2.56. The molecular formula is C28H24F2N2O. The largest absolute Gasteiger partial charge is 0.405 e. The summed E-state index contributed by atoms with van der Waals surface area (Å²) in [6.45, 7) is 2.02. The number of hydrogen-bond acceptors (Lipinski definition) is 2. The van der Waals surface area contributed by atoms with Gasteiger partial charge in [0.25, 0.3) is 5.91 Å². The van der Waals surface area contributed by atoms with E-state index in [1.165, 1.54) is 23.4 Å². The van der Waals surface area contributed by atoms with E-state index in [1.54, 1.807) is 12.1 Å². The van der Waals surface area contributed by atoms with Crippen LogP contribution in [0.25, 0.3) is 5.57 Å². The van der Waals surface area contributed by atoms with E-state index in [4.69, 9.17) is 5.73 Å². The Kier molecular flexibility index (Phi) is 6.50. The number of rotatable bonds is 7. The highest BCUT2D eigenvalue weighted by atomic mass is 19.1. The molecule has 0 radical (unpaired) electrons. The SMILES string of the molecule is CC(/C=C\N)=C(\c1ccc(NC(=O)c2c(F)cccc2F)cc1)[C@@H]1C=C1Cc1ccccc1. The van der Waals surface area contributed by atoms with Gasteiger partial charge in [0.2, 0.25) is 0 Å². The third-order valence-electron chi connectivity index (χ3n) is 5.65. The highest BCUT2D eigenvalue weighted by molar-refractivity contribution is 6.04. The Hall–Kier alpha value is -3.99. The highest BCUT2D eigenvalue weighted by Crippen LogP contribution is 2.44. The molecular weight excluding hydrogens is 418 g/mol. The number of allylic oxidation sites excluding steroid dienone is 5. The quantitative estimate of drug-likeness (QED) is 0.335. The van der Waals surface area contributed by atoms with Gasteiger partial charge < -0.3 is 11.1 Å². The summed E-state index contributed by atoms with van der Waals surface area (Å²) in [5.74, 6) is -2.41. The molecule has 0 saturated heterocycles. The first kappa shape index (κ1) is 22.2. The van der Waals surface area contributed by atoms with E-state index >= 15 is 0 Å². The van der Waals surface area contributed by atoms with E-state index in [-0.39, 0.29) is 5.92 Å². The van der Waals surface area contributed by atoms with Crippen LogP contribution in [0.5, 0.6) is 0 Å². The summed E-state index contributed by atoms with van der Waals surface area (Å²) in [7, 11) is 0. The molecule has 0 bridgehead atoms. The molecule has 0 saturated carbocycles. The van der Waals surface area contributed by atoms with Crippen LogP contribution < -0.4 is 11.1 Å². The maximum absolute atomic E-state index is 13.9. The minimum atomic E-state index is -0.899. The molecule has 0 aromatic heterocycles. The molecule has 0 spiro atoms. The summed E-state index contributed by atoms with van der Waals surface area (Å²) >= 11 is 0. The van der Waals surface area contributed by atoms with Crippen molar-refractivity contribution in [2.24, 2.45) is 11.7 Å². The number of anilines is 1. The lowest BCUT2D eigenvalue weighted by molar-refractivity contribution is 0.101. The summed E-state index contributed by atoms with van der Waals surface area (Å²) in [4.78, 5) is 12.4. The maximum atomic E-state index is 13.9. The Bertz CT molecular complexity index is 1240. The average molecular weight is 443 g/mol. The standard InChI is InChI=1S/C28H24F2N2O/c1-18(14-15-31)26(23-17-21(23)16-19-6-3-2-4-7-19)20-10-12-22(13-11-20)32-28(33)27-24(29)8-5-9-25(27)30/h2-15,17,23H,16,31H2,1H3,(H,32,33)/b15-14-,26-18-/t23-/m1/s1. The highest BCUT2D eigenvalue weighted by Gasteiger charge is 2.30. The van der Waals surface area contributed by atoms with Gasteiger partial charge in [-0.25, -0.2) is 8.78 Å². The molecule has 166 valence electrons. The minimum absolute atomic E-state index is 0.217. The van der Waals surface area contributed by atoms with Crippen LogP contribution in [0.1, 0.15) is 28.4 Å². The Balaban J connectivity index is 1.52. The zero-order chi connectivity index (χ0) is 23.4. The fourth-order valence-corrected chi connectivity index (χ4v) is 3.96. The third kappa shape index (κ3) is 5.09. The van der Waals surface area contributed by atoms with E-state index in [9.17, 15) is 13.6 Å². The third-order valence-corrected chi connectivity index (χ3v) is 5.65. The van der Waals surface area contributed by atoms with Crippen LogP contribution in [0.15, 0.2) is 102 Å². The summed E-state index contributed by atoms with van der Waals surface area (Å²) in [6, 6.07) is 20.9. The van der Waals surface area contributed by atoms with Crippen LogP contribution in [0, 0.1) is 17.6 Å². The van der Waals surface area contributed by atoms with E-state index in [1.807, 2.05) is 43.3 Å². The average Bonchev–Trinajstić information content (AvgIpc) is 3.54. The van der Waals surface area contributed by atoms with Crippen LogP contribution in [0.3, 0.4) is 0 Å². The van der Waals surface area contributed by atoms with Crippen LogP contribution in [0.4, 0.5) is 14.5 Å². The minimum Gasteiger partial charge on any atom is -0.405 e. The Labute approximate surface area is 192 Å². The lowest BCUT2D eigenvalue weighted by atomic mass is 9.92. The molecule has 3 aromatic rings. The van der Waals surface area contributed by atoms with Gasteiger partial charge in [-0.3, -0.25) is 4.79 Å². The second-order valence-corrected chi connectivity index (χ2v) is 7.97. The summed E-state index contributed by atoms with van der Waals surface area (Å²) in [6.07, 6.45) is 6.52. The zero-order valence-corrected chi connectivity index (χ0v) is 18.2. The number of carbonyl (C=O) groups excluding carboxylic acids is 1. The first-order valence-electron chi connectivity index (χ1n) is 10.7.